The third kappa shape index (κ3) is 3.68. The zero-order valence-electron chi connectivity index (χ0n) is 10.2. The number of benzene rings is 2. The Morgan fingerprint density at radius 3 is 2.19 bits per heavy atom. The van der Waals surface area contributed by atoms with E-state index in [9.17, 15) is 18.0 Å². The molecule has 0 saturated carbocycles. The van der Waals surface area contributed by atoms with Gasteiger partial charge in [-0.25, -0.2) is 4.79 Å². The molecular weight excluding hydrogens is 328 g/mol. The average molecular weight is 335 g/mol. The number of ether oxygens (including phenoxy) is 1. The molecule has 2 nitrogen and oxygen atoms in total. The largest absolute Gasteiger partial charge is 0.421 e. The summed E-state index contributed by atoms with van der Waals surface area (Å²) >= 11 is 11.6. The summed E-state index contributed by atoms with van der Waals surface area (Å²) in [6.07, 6.45) is -4.46. The minimum absolute atomic E-state index is 0.0287. The molecule has 2 rings (SSSR count). The second kappa shape index (κ2) is 5.95. The van der Waals surface area contributed by atoms with Gasteiger partial charge in [0.1, 0.15) is 5.02 Å². The van der Waals surface area contributed by atoms with Crippen LogP contribution in [0.4, 0.5) is 13.2 Å². The smallest absolute Gasteiger partial charge is 0.416 e. The maximum absolute atomic E-state index is 12.4. The van der Waals surface area contributed by atoms with Gasteiger partial charge in [0.2, 0.25) is 0 Å². The van der Waals surface area contributed by atoms with E-state index in [0.717, 1.165) is 24.3 Å². The summed E-state index contributed by atoms with van der Waals surface area (Å²) in [5, 5.41) is 0.258. The molecule has 21 heavy (non-hydrogen) atoms. The minimum Gasteiger partial charge on any atom is -0.421 e. The SMILES string of the molecule is O=C(Oc1cccc(Cl)c1Cl)c1ccc(C(F)(F)F)cc1. The predicted molar refractivity (Wildman–Crippen MR) is 72.9 cm³/mol. The molecule has 0 saturated heterocycles. The quantitative estimate of drug-likeness (QED) is 0.555. The van der Waals surface area contributed by atoms with Crippen molar-refractivity contribution in [3.05, 3.63) is 63.6 Å². The molecule has 0 aliphatic rings. The van der Waals surface area contributed by atoms with Gasteiger partial charge in [-0.2, -0.15) is 13.2 Å². The van der Waals surface area contributed by atoms with Crippen LogP contribution < -0.4 is 4.74 Å². The van der Waals surface area contributed by atoms with E-state index in [0.29, 0.717) is 0 Å². The second-order valence-electron chi connectivity index (χ2n) is 4.02. The Hall–Kier alpha value is -1.72. The lowest BCUT2D eigenvalue weighted by Gasteiger charge is -2.09. The molecule has 0 aliphatic heterocycles. The van der Waals surface area contributed by atoms with E-state index in [2.05, 4.69) is 0 Å². The third-order valence-corrected chi connectivity index (χ3v) is 3.37. The van der Waals surface area contributed by atoms with Crippen molar-refractivity contribution in [1.29, 1.82) is 0 Å². The van der Waals surface area contributed by atoms with E-state index < -0.39 is 17.7 Å². The number of esters is 1. The van der Waals surface area contributed by atoms with Crippen molar-refractivity contribution in [2.75, 3.05) is 0 Å². The summed E-state index contributed by atoms with van der Waals surface area (Å²) < 4.78 is 42.3. The maximum atomic E-state index is 12.4. The molecule has 0 unspecified atom stereocenters. The molecule has 0 heterocycles. The van der Waals surface area contributed by atoms with Crippen molar-refractivity contribution >= 4 is 29.2 Å². The first-order chi connectivity index (χ1) is 9.79. The molecule has 0 fully saturated rings. The van der Waals surface area contributed by atoms with Crippen LogP contribution in [0.1, 0.15) is 15.9 Å². The van der Waals surface area contributed by atoms with Gasteiger partial charge in [0.05, 0.1) is 16.1 Å². The van der Waals surface area contributed by atoms with Gasteiger partial charge in [-0.15, -0.1) is 0 Å². The maximum Gasteiger partial charge on any atom is 0.416 e. The normalized spacial score (nSPS) is 11.3. The van der Waals surface area contributed by atoms with Crippen molar-refractivity contribution in [2.45, 2.75) is 6.18 Å². The van der Waals surface area contributed by atoms with Crippen LogP contribution in [-0.2, 0) is 6.18 Å². The van der Waals surface area contributed by atoms with E-state index in [1.165, 1.54) is 18.2 Å². The van der Waals surface area contributed by atoms with Gasteiger partial charge >= 0.3 is 12.1 Å². The molecule has 110 valence electrons. The number of hydrogen-bond acceptors (Lipinski definition) is 2. The highest BCUT2D eigenvalue weighted by Gasteiger charge is 2.30. The lowest BCUT2D eigenvalue weighted by Crippen LogP contribution is -2.10. The second-order valence-corrected chi connectivity index (χ2v) is 4.80. The highest BCUT2D eigenvalue weighted by atomic mass is 35.5. The number of rotatable bonds is 2. The first kappa shape index (κ1) is 15.7. The van der Waals surface area contributed by atoms with Crippen LogP contribution in [0, 0.1) is 0 Å². The third-order valence-electron chi connectivity index (χ3n) is 2.57. The molecule has 0 atom stereocenters. The van der Waals surface area contributed by atoms with E-state index in [1.807, 2.05) is 0 Å². The van der Waals surface area contributed by atoms with Crippen LogP contribution in [0.5, 0.6) is 5.75 Å². The molecule has 0 N–H and O–H groups in total. The molecule has 0 aromatic heterocycles. The summed E-state index contributed by atoms with van der Waals surface area (Å²) in [5.74, 6) is -0.790. The van der Waals surface area contributed by atoms with Crippen LogP contribution >= 0.6 is 23.2 Å². The van der Waals surface area contributed by atoms with E-state index in [-0.39, 0.29) is 21.4 Å². The molecule has 0 amide bonds. The van der Waals surface area contributed by atoms with Crippen molar-refractivity contribution < 1.29 is 22.7 Å². The molecule has 2 aromatic rings. The van der Waals surface area contributed by atoms with Gasteiger partial charge < -0.3 is 4.74 Å². The van der Waals surface area contributed by atoms with Crippen molar-refractivity contribution in [1.82, 2.24) is 0 Å². The number of hydrogen-bond donors (Lipinski definition) is 0. The fraction of sp³-hybridized carbons (Fsp3) is 0.0714. The Bertz CT molecular complexity index is 667. The monoisotopic (exact) mass is 334 g/mol. The van der Waals surface area contributed by atoms with Crippen LogP contribution in [0.25, 0.3) is 0 Å². The number of alkyl halides is 3. The summed E-state index contributed by atoms with van der Waals surface area (Å²) in [5.41, 5.74) is -0.876. The molecule has 7 heteroatoms. The molecular formula is C14H7Cl2F3O2. The molecule has 0 aliphatic carbocycles. The average Bonchev–Trinajstić information content (AvgIpc) is 2.43. The fourth-order valence-electron chi connectivity index (χ4n) is 1.52. The fourth-order valence-corrected chi connectivity index (χ4v) is 1.85. The van der Waals surface area contributed by atoms with Gasteiger partial charge in [0.15, 0.2) is 5.75 Å². The van der Waals surface area contributed by atoms with E-state index in [4.69, 9.17) is 27.9 Å². The molecule has 2 aromatic carbocycles. The van der Waals surface area contributed by atoms with Gasteiger partial charge in [0, 0.05) is 0 Å². The summed E-state index contributed by atoms with van der Waals surface area (Å²) in [4.78, 5) is 11.8. The first-order valence-electron chi connectivity index (χ1n) is 5.62. The first-order valence-corrected chi connectivity index (χ1v) is 6.38. The van der Waals surface area contributed by atoms with Crippen LogP contribution in [-0.4, -0.2) is 5.97 Å². The lowest BCUT2D eigenvalue weighted by molar-refractivity contribution is -0.137. The van der Waals surface area contributed by atoms with Crippen molar-refractivity contribution in [2.24, 2.45) is 0 Å². The summed E-state index contributed by atoms with van der Waals surface area (Å²) in [7, 11) is 0. The summed E-state index contributed by atoms with van der Waals surface area (Å²) in [6, 6.07) is 8.14. The Balaban J connectivity index is 2.19. The Labute approximate surface area is 128 Å². The Morgan fingerprint density at radius 2 is 1.62 bits per heavy atom. The van der Waals surface area contributed by atoms with Gasteiger partial charge in [-0.1, -0.05) is 29.3 Å². The van der Waals surface area contributed by atoms with E-state index >= 15 is 0 Å². The van der Waals surface area contributed by atoms with Crippen LogP contribution in [0.2, 0.25) is 10.0 Å². The topological polar surface area (TPSA) is 26.3 Å². The Morgan fingerprint density at radius 1 is 1.00 bits per heavy atom. The molecule has 0 radical (unpaired) electrons. The van der Waals surface area contributed by atoms with Gasteiger partial charge in [0.25, 0.3) is 0 Å². The van der Waals surface area contributed by atoms with Crippen molar-refractivity contribution in [3.63, 3.8) is 0 Å². The van der Waals surface area contributed by atoms with Gasteiger partial charge in [-0.3, -0.25) is 0 Å². The van der Waals surface area contributed by atoms with Crippen LogP contribution in [0.3, 0.4) is 0 Å². The number of halogens is 5. The van der Waals surface area contributed by atoms with Crippen LogP contribution in [0.15, 0.2) is 42.5 Å². The minimum atomic E-state index is -4.46. The Kier molecular flexibility index (Phi) is 4.44. The molecule has 0 bridgehead atoms. The van der Waals surface area contributed by atoms with E-state index in [1.54, 1.807) is 0 Å². The number of carbonyl (C=O) groups is 1. The lowest BCUT2D eigenvalue weighted by atomic mass is 10.1. The summed E-state index contributed by atoms with van der Waals surface area (Å²) in [6.45, 7) is 0. The number of carbonyl (C=O) groups excluding carboxylic acids is 1. The zero-order chi connectivity index (χ0) is 15.6. The highest BCUT2D eigenvalue weighted by Crippen LogP contribution is 2.32. The molecule has 0 spiro atoms. The van der Waals surface area contributed by atoms with Crippen molar-refractivity contribution in [3.8, 4) is 5.75 Å². The predicted octanol–water partition coefficient (Wildman–Crippen LogP) is 5.23. The standard InChI is InChI=1S/C14H7Cl2F3O2/c15-10-2-1-3-11(12(10)16)21-13(20)8-4-6-9(7-5-8)14(17,18)19/h1-7H. The zero-order valence-corrected chi connectivity index (χ0v) is 11.8. The highest BCUT2D eigenvalue weighted by molar-refractivity contribution is 6.43. The van der Waals surface area contributed by atoms with Gasteiger partial charge in [-0.05, 0) is 36.4 Å².